The summed E-state index contributed by atoms with van der Waals surface area (Å²) in [6, 6.07) is 7.71. The monoisotopic (exact) mass is 188 g/mol. The van der Waals surface area contributed by atoms with Crippen LogP contribution < -0.4 is 5.32 Å². The lowest BCUT2D eigenvalue weighted by atomic mass is 10.2. The highest BCUT2D eigenvalue weighted by atomic mass is 16.5. The molecule has 0 fully saturated rings. The minimum Gasteiger partial charge on any atom is -0.340 e. The summed E-state index contributed by atoms with van der Waals surface area (Å²) >= 11 is 0. The average Bonchev–Trinajstić information content (AvgIpc) is 2.56. The number of benzene rings is 1. The molecule has 1 radical (unpaired) electrons. The van der Waals surface area contributed by atoms with E-state index in [1.807, 2.05) is 24.3 Å². The molecule has 4 nitrogen and oxygen atoms in total. The SMILES string of the molecule is [CH2]c1ccccc1Nc1nnoc1C. The third-order valence-electron chi connectivity index (χ3n) is 1.92. The van der Waals surface area contributed by atoms with E-state index in [-0.39, 0.29) is 0 Å². The summed E-state index contributed by atoms with van der Waals surface area (Å²) in [5.74, 6) is 1.29. The van der Waals surface area contributed by atoms with Crippen LogP contribution in [0, 0.1) is 13.8 Å². The Morgan fingerprint density at radius 3 is 2.79 bits per heavy atom. The highest BCUT2D eigenvalue weighted by Gasteiger charge is 2.05. The molecule has 0 saturated heterocycles. The fourth-order valence-corrected chi connectivity index (χ4v) is 1.12. The topological polar surface area (TPSA) is 51.0 Å². The van der Waals surface area contributed by atoms with E-state index in [9.17, 15) is 0 Å². The van der Waals surface area contributed by atoms with Crippen LogP contribution in [-0.4, -0.2) is 10.4 Å². The molecule has 2 rings (SSSR count). The molecule has 0 bridgehead atoms. The van der Waals surface area contributed by atoms with Gasteiger partial charge in [-0.15, -0.1) is 0 Å². The van der Waals surface area contributed by atoms with Crippen LogP contribution in [-0.2, 0) is 0 Å². The van der Waals surface area contributed by atoms with Gasteiger partial charge in [0.15, 0.2) is 11.6 Å². The number of nitrogens with one attached hydrogen (secondary N) is 1. The van der Waals surface area contributed by atoms with E-state index < -0.39 is 0 Å². The van der Waals surface area contributed by atoms with Gasteiger partial charge in [-0.3, -0.25) is 0 Å². The molecule has 0 aliphatic rings. The zero-order valence-corrected chi connectivity index (χ0v) is 7.82. The van der Waals surface area contributed by atoms with Crippen molar-refractivity contribution in [2.75, 3.05) is 5.32 Å². The van der Waals surface area contributed by atoms with Crippen LogP contribution in [0.25, 0.3) is 0 Å². The second-order valence-electron chi connectivity index (χ2n) is 2.96. The van der Waals surface area contributed by atoms with Crippen LogP contribution in [0.1, 0.15) is 11.3 Å². The average molecular weight is 188 g/mol. The molecular weight excluding hydrogens is 178 g/mol. The first-order chi connectivity index (χ1) is 6.77. The van der Waals surface area contributed by atoms with Gasteiger partial charge >= 0.3 is 0 Å². The van der Waals surface area contributed by atoms with Crippen LogP contribution in [0.15, 0.2) is 28.8 Å². The summed E-state index contributed by atoms with van der Waals surface area (Å²) in [6.45, 7) is 5.69. The molecule has 14 heavy (non-hydrogen) atoms. The summed E-state index contributed by atoms with van der Waals surface area (Å²) in [6.07, 6.45) is 0. The summed E-state index contributed by atoms with van der Waals surface area (Å²) in [4.78, 5) is 0. The first-order valence-electron chi connectivity index (χ1n) is 4.24. The molecule has 1 aromatic carbocycles. The molecule has 1 heterocycles. The van der Waals surface area contributed by atoms with Crippen molar-refractivity contribution in [1.82, 2.24) is 10.4 Å². The number of para-hydroxylation sites is 1. The van der Waals surface area contributed by atoms with Crippen molar-refractivity contribution in [3.8, 4) is 0 Å². The van der Waals surface area contributed by atoms with E-state index in [0.29, 0.717) is 11.6 Å². The Hall–Kier alpha value is -1.84. The molecule has 0 aliphatic carbocycles. The fraction of sp³-hybridized carbons (Fsp3) is 0.100. The second-order valence-corrected chi connectivity index (χ2v) is 2.96. The largest absolute Gasteiger partial charge is 0.340 e. The lowest BCUT2D eigenvalue weighted by Gasteiger charge is -2.05. The molecular formula is C10H10N3O. The normalized spacial score (nSPS) is 10.1. The Balaban J connectivity index is 2.28. The molecule has 0 amide bonds. The molecule has 0 atom stereocenters. The Labute approximate surface area is 81.9 Å². The third kappa shape index (κ3) is 1.59. The Kier molecular flexibility index (Phi) is 2.18. The molecule has 0 spiro atoms. The number of aryl methyl sites for hydroxylation is 1. The number of rotatable bonds is 2. The summed E-state index contributed by atoms with van der Waals surface area (Å²) in [7, 11) is 0. The van der Waals surface area contributed by atoms with Crippen molar-refractivity contribution < 1.29 is 4.52 Å². The van der Waals surface area contributed by atoms with Crippen molar-refractivity contribution in [3.63, 3.8) is 0 Å². The van der Waals surface area contributed by atoms with Gasteiger partial charge in [-0.25, -0.2) is 0 Å². The van der Waals surface area contributed by atoms with Gasteiger partial charge in [-0.1, -0.05) is 23.3 Å². The molecule has 4 heteroatoms. The van der Waals surface area contributed by atoms with Crippen LogP contribution in [0.5, 0.6) is 0 Å². The number of aromatic nitrogens is 2. The van der Waals surface area contributed by atoms with E-state index in [1.54, 1.807) is 6.92 Å². The smallest absolute Gasteiger partial charge is 0.197 e. The number of nitrogens with zero attached hydrogens (tertiary/aromatic N) is 2. The van der Waals surface area contributed by atoms with E-state index in [0.717, 1.165) is 11.3 Å². The first-order valence-corrected chi connectivity index (χ1v) is 4.24. The van der Waals surface area contributed by atoms with Crippen molar-refractivity contribution >= 4 is 11.5 Å². The zero-order valence-electron chi connectivity index (χ0n) is 7.82. The van der Waals surface area contributed by atoms with Gasteiger partial charge in [-0.05, 0) is 18.6 Å². The molecule has 2 aromatic rings. The lowest BCUT2D eigenvalue weighted by Crippen LogP contribution is -1.94. The minimum atomic E-state index is 0.626. The summed E-state index contributed by atoms with van der Waals surface area (Å²) in [5, 5.41) is 10.3. The standard InChI is InChI=1S/C10H10N3O/c1-7-5-3-4-6-9(7)11-10-8(2)14-13-12-10/h3-6,11H,1H2,2H3. The quantitative estimate of drug-likeness (QED) is 0.785. The van der Waals surface area contributed by atoms with Crippen molar-refractivity contribution in [3.05, 3.63) is 42.5 Å². The van der Waals surface area contributed by atoms with Gasteiger partial charge in [0, 0.05) is 17.9 Å². The Morgan fingerprint density at radius 2 is 2.14 bits per heavy atom. The maximum Gasteiger partial charge on any atom is 0.197 e. The zero-order chi connectivity index (χ0) is 9.97. The minimum absolute atomic E-state index is 0.626. The fourth-order valence-electron chi connectivity index (χ4n) is 1.12. The Bertz CT molecular complexity index is 436. The second kappa shape index (κ2) is 3.49. The highest BCUT2D eigenvalue weighted by molar-refractivity contribution is 5.61. The predicted octanol–water partition coefficient (Wildman–Crippen LogP) is 2.30. The van der Waals surface area contributed by atoms with E-state index in [1.165, 1.54) is 0 Å². The van der Waals surface area contributed by atoms with Gasteiger partial charge in [0.1, 0.15) is 0 Å². The van der Waals surface area contributed by atoms with Gasteiger partial charge in [0.25, 0.3) is 0 Å². The third-order valence-corrected chi connectivity index (χ3v) is 1.92. The first kappa shape index (κ1) is 8.74. The summed E-state index contributed by atoms with van der Waals surface area (Å²) in [5.41, 5.74) is 1.82. The van der Waals surface area contributed by atoms with Crippen molar-refractivity contribution in [2.24, 2.45) is 0 Å². The van der Waals surface area contributed by atoms with E-state index >= 15 is 0 Å². The van der Waals surface area contributed by atoms with E-state index in [4.69, 9.17) is 4.52 Å². The van der Waals surface area contributed by atoms with Crippen LogP contribution >= 0.6 is 0 Å². The number of anilines is 2. The van der Waals surface area contributed by atoms with Crippen LogP contribution in [0.3, 0.4) is 0 Å². The molecule has 71 valence electrons. The number of hydrogen-bond acceptors (Lipinski definition) is 4. The molecule has 0 aliphatic heterocycles. The van der Waals surface area contributed by atoms with Gasteiger partial charge in [0.2, 0.25) is 0 Å². The molecule has 0 unspecified atom stereocenters. The highest BCUT2D eigenvalue weighted by Crippen LogP contribution is 2.20. The van der Waals surface area contributed by atoms with Crippen molar-refractivity contribution in [1.29, 1.82) is 0 Å². The Morgan fingerprint density at radius 1 is 1.36 bits per heavy atom. The van der Waals surface area contributed by atoms with Crippen LogP contribution in [0.4, 0.5) is 11.5 Å². The maximum atomic E-state index is 4.83. The molecule has 0 saturated carbocycles. The van der Waals surface area contributed by atoms with Gasteiger partial charge in [0.05, 0.1) is 0 Å². The van der Waals surface area contributed by atoms with Gasteiger partial charge in [-0.2, -0.15) is 0 Å². The van der Waals surface area contributed by atoms with E-state index in [2.05, 4.69) is 22.6 Å². The molecule has 1 aromatic heterocycles. The summed E-state index contributed by atoms with van der Waals surface area (Å²) < 4.78 is 4.83. The van der Waals surface area contributed by atoms with Crippen LogP contribution in [0.2, 0.25) is 0 Å². The number of hydrogen-bond donors (Lipinski definition) is 1. The van der Waals surface area contributed by atoms with Gasteiger partial charge < -0.3 is 9.84 Å². The van der Waals surface area contributed by atoms with Crippen molar-refractivity contribution in [2.45, 2.75) is 6.92 Å². The molecule has 1 N–H and O–H groups in total. The maximum absolute atomic E-state index is 4.83. The predicted molar refractivity (Wildman–Crippen MR) is 53.2 cm³/mol. The lowest BCUT2D eigenvalue weighted by molar-refractivity contribution is 0.374.